The number of amides is 1. The van der Waals surface area contributed by atoms with Crippen LogP contribution in [0, 0.1) is 5.92 Å². The molecule has 1 saturated heterocycles. The first kappa shape index (κ1) is 19.3. The standard InChI is InChI=1S/C11H23N3O.2ClH/c1-9(10(2)12)11(15)13-5-8-14-6-3-4-7-14;;/h9-10H,3-8,12H2,1-2H3,(H,13,15);2*1H. The van der Waals surface area contributed by atoms with Crippen LogP contribution in [0.15, 0.2) is 0 Å². The molecule has 0 aromatic carbocycles. The first-order valence-electron chi connectivity index (χ1n) is 5.87. The second-order valence-electron chi connectivity index (χ2n) is 4.49. The molecule has 0 radical (unpaired) electrons. The molecule has 6 heteroatoms. The fourth-order valence-electron chi connectivity index (χ4n) is 1.74. The molecular weight excluding hydrogens is 261 g/mol. The van der Waals surface area contributed by atoms with Crippen LogP contribution in [0.25, 0.3) is 0 Å². The van der Waals surface area contributed by atoms with Crippen molar-refractivity contribution in [2.75, 3.05) is 26.2 Å². The molecule has 0 spiro atoms. The third-order valence-electron chi connectivity index (χ3n) is 3.13. The van der Waals surface area contributed by atoms with E-state index in [0.717, 1.165) is 13.1 Å². The van der Waals surface area contributed by atoms with Gasteiger partial charge >= 0.3 is 0 Å². The van der Waals surface area contributed by atoms with Crippen molar-refractivity contribution in [3.63, 3.8) is 0 Å². The molecule has 1 aliphatic heterocycles. The van der Waals surface area contributed by atoms with E-state index in [0.29, 0.717) is 0 Å². The Morgan fingerprint density at radius 1 is 1.29 bits per heavy atom. The summed E-state index contributed by atoms with van der Waals surface area (Å²) in [6, 6.07) is -0.0724. The summed E-state index contributed by atoms with van der Waals surface area (Å²) in [6.07, 6.45) is 2.59. The van der Waals surface area contributed by atoms with E-state index >= 15 is 0 Å². The van der Waals surface area contributed by atoms with E-state index in [4.69, 9.17) is 5.73 Å². The van der Waals surface area contributed by atoms with Crippen LogP contribution in [0.2, 0.25) is 0 Å². The molecule has 0 aliphatic carbocycles. The maximum atomic E-state index is 11.5. The molecule has 1 aliphatic rings. The van der Waals surface area contributed by atoms with Gasteiger partial charge < -0.3 is 16.0 Å². The van der Waals surface area contributed by atoms with Gasteiger partial charge in [-0.15, -0.1) is 24.8 Å². The highest BCUT2D eigenvalue weighted by molar-refractivity contribution is 5.85. The summed E-state index contributed by atoms with van der Waals surface area (Å²) in [4.78, 5) is 13.9. The molecule has 1 rings (SSSR count). The van der Waals surface area contributed by atoms with Crippen LogP contribution in [-0.2, 0) is 4.79 Å². The number of carbonyl (C=O) groups excluding carboxylic acids is 1. The van der Waals surface area contributed by atoms with Crippen LogP contribution in [0.4, 0.5) is 0 Å². The highest BCUT2D eigenvalue weighted by Gasteiger charge is 2.17. The maximum Gasteiger partial charge on any atom is 0.224 e. The topological polar surface area (TPSA) is 58.4 Å². The van der Waals surface area contributed by atoms with Crippen LogP contribution in [0.1, 0.15) is 26.7 Å². The third-order valence-corrected chi connectivity index (χ3v) is 3.13. The van der Waals surface area contributed by atoms with Gasteiger partial charge in [-0.3, -0.25) is 4.79 Å². The van der Waals surface area contributed by atoms with Crippen LogP contribution in [-0.4, -0.2) is 43.0 Å². The normalized spacial score (nSPS) is 18.8. The van der Waals surface area contributed by atoms with E-state index < -0.39 is 0 Å². The molecule has 1 heterocycles. The molecule has 2 atom stereocenters. The van der Waals surface area contributed by atoms with Crippen LogP contribution < -0.4 is 11.1 Å². The SMILES string of the molecule is CC(N)C(C)C(=O)NCCN1CCCC1.Cl.Cl. The van der Waals surface area contributed by atoms with Crippen molar-refractivity contribution < 1.29 is 4.79 Å². The molecule has 0 bridgehead atoms. The molecule has 17 heavy (non-hydrogen) atoms. The number of rotatable bonds is 5. The first-order valence-corrected chi connectivity index (χ1v) is 5.87. The first-order chi connectivity index (χ1) is 7.11. The Balaban J connectivity index is 0. The van der Waals surface area contributed by atoms with Crippen molar-refractivity contribution >= 4 is 30.7 Å². The second kappa shape index (κ2) is 9.95. The van der Waals surface area contributed by atoms with Gasteiger partial charge in [0.05, 0.1) is 0 Å². The summed E-state index contributed by atoms with van der Waals surface area (Å²) in [5.74, 6) is -0.0206. The van der Waals surface area contributed by atoms with E-state index in [2.05, 4.69) is 10.2 Å². The Labute approximate surface area is 117 Å². The highest BCUT2D eigenvalue weighted by atomic mass is 35.5. The molecule has 4 nitrogen and oxygen atoms in total. The van der Waals surface area contributed by atoms with Crippen LogP contribution in [0.5, 0.6) is 0 Å². The van der Waals surface area contributed by atoms with Gasteiger partial charge in [-0.1, -0.05) is 6.92 Å². The predicted molar refractivity (Wildman–Crippen MR) is 76.0 cm³/mol. The molecule has 0 aromatic heterocycles. The Bertz CT molecular complexity index is 209. The number of nitrogens with two attached hydrogens (primary N) is 1. The van der Waals surface area contributed by atoms with E-state index in [-0.39, 0.29) is 42.7 Å². The zero-order valence-electron chi connectivity index (χ0n) is 10.6. The molecule has 0 saturated carbocycles. The van der Waals surface area contributed by atoms with Gasteiger partial charge in [0.25, 0.3) is 0 Å². The zero-order valence-corrected chi connectivity index (χ0v) is 12.3. The molecule has 1 fully saturated rings. The zero-order chi connectivity index (χ0) is 11.3. The number of nitrogens with one attached hydrogen (secondary N) is 1. The lowest BCUT2D eigenvalue weighted by molar-refractivity contribution is -0.124. The minimum atomic E-state index is -0.0939. The summed E-state index contributed by atoms with van der Waals surface area (Å²) in [5, 5.41) is 2.93. The van der Waals surface area contributed by atoms with Crippen molar-refractivity contribution in [3.8, 4) is 0 Å². The Morgan fingerprint density at radius 3 is 2.29 bits per heavy atom. The van der Waals surface area contributed by atoms with Gasteiger partial charge in [0, 0.05) is 25.0 Å². The molecule has 2 unspecified atom stereocenters. The summed E-state index contributed by atoms with van der Waals surface area (Å²) in [5.41, 5.74) is 5.66. The van der Waals surface area contributed by atoms with Gasteiger partial charge in [0.1, 0.15) is 0 Å². The van der Waals surface area contributed by atoms with E-state index in [9.17, 15) is 4.79 Å². The van der Waals surface area contributed by atoms with Crippen molar-refractivity contribution in [1.29, 1.82) is 0 Å². The number of halogens is 2. The van der Waals surface area contributed by atoms with Crippen LogP contribution >= 0.6 is 24.8 Å². The van der Waals surface area contributed by atoms with Crippen molar-refractivity contribution in [2.45, 2.75) is 32.7 Å². The lowest BCUT2D eigenvalue weighted by atomic mass is 10.0. The number of nitrogens with zero attached hydrogens (tertiary/aromatic N) is 1. The summed E-state index contributed by atoms with van der Waals surface area (Å²) in [7, 11) is 0. The fraction of sp³-hybridized carbons (Fsp3) is 0.909. The molecule has 104 valence electrons. The largest absolute Gasteiger partial charge is 0.355 e. The number of hydrogen-bond donors (Lipinski definition) is 2. The Kier molecular flexibility index (Phi) is 11.3. The number of carbonyl (C=O) groups is 1. The molecule has 1 amide bonds. The van der Waals surface area contributed by atoms with E-state index in [1.807, 2.05) is 13.8 Å². The van der Waals surface area contributed by atoms with Crippen LogP contribution in [0.3, 0.4) is 0 Å². The van der Waals surface area contributed by atoms with Crippen molar-refractivity contribution in [2.24, 2.45) is 11.7 Å². The Hall–Kier alpha value is -0.0300. The molecule has 0 aromatic rings. The molecule has 3 N–H and O–H groups in total. The lowest BCUT2D eigenvalue weighted by Gasteiger charge is -2.18. The predicted octanol–water partition coefficient (Wildman–Crippen LogP) is 1.03. The maximum absolute atomic E-state index is 11.5. The minimum absolute atomic E-state index is 0. The average molecular weight is 286 g/mol. The third kappa shape index (κ3) is 7.09. The van der Waals surface area contributed by atoms with E-state index in [1.54, 1.807) is 0 Å². The molecular formula is C11H25Cl2N3O. The lowest BCUT2D eigenvalue weighted by Crippen LogP contribution is -2.41. The van der Waals surface area contributed by atoms with Crippen molar-refractivity contribution in [1.82, 2.24) is 10.2 Å². The van der Waals surface area contributed by atoms with Gasteiger partial charge in [0.2, 0.25) is 5.91 Å². The van der Waals surface area contributed by atoms with Gasteiger partial charge in [0.15, 0.2) is 0 Å². The summed E-state index contributed by atoms with van der Waals surface area (Å²) >= 11 is 0. The quantitative estimate of drug-likeness (QED) is 0.793. The highest BCUT2D eigenvalue weighted by Crippen LogP contribution is 2.05. The number of hydrogen-bond acceptors (Lipinski definition) is 3. The number of likely N-dealkylation sites (tertiary alicyclic amines) is 1. The van der Waals surface area contributed by atoms with Gasteiger partial charge in [-0.25, -0.2) is 0 Å². The second-order valence-corrected chi connectivity index (χ2v) is 4.49. The van der Waals surface area contributed by atoms with Gasteiger partial charge in [-0.05, 0) is 32.9 Å². The minimum Gasteiger partial charge on any atom is -0.355 e. The summed E-state index contributed by atoms with van der Waals surface area (Å²) in [6.45, 7) is 7.81. The Morgan fingerprint density at radius 2 is 1.82 bits per heavy atom. The smallest absolute Gasteiger partial charge is 0.224 e. The van der Waals surface area contributed by atoms with E-state index in [1.165, 1.54) is 25.9 Å². The summed E-state index contributed by atoms with van der Waals surface area (Å²) < 4.78 is 0. The monoisotopic (exact) mass is 285 g/mol. The van der Waals surface area contributed by atoms with Crippen molar-refractivity contribution in [3.05, 3.63) is 0 Å². The average Bonchev–Trinajstić information content (AvgIpc) is 2.69. The van der Waals surface area contributed by atoms with Gasteiger partial charge in [-0.2, -0.15) is 0 Å². The fourth-order valence-corrected chi connectivity index (χ4v) is 1.74.